The second-order valence-electron chi connectivity index (χ2n) is 8.14. The van der Waals surface area contributed by atoms with E-state index in [1.54, 1.807) is 0 Å². The highest BCUT2D eigenvalue weighted by molar-refractivity contribution is 5.06. The van der Waals surface area contributed by atoms with E-state index in [-0.39, 0.29) is 0 Å². The van der Waals surface area contributed by atoms with Crippen LogP contribution in [0.25, 0.3) is 0 Å². The van der Waals surface area contributed by atoms with Crippen molar-refractivity contribution in [3.8, 4) is 0 Å². The first-order chi connectivity index (χ1) is 9.90. The summed E-state index contributed by atoms with van der Waals surface area (Å²) in [7, 11) is 0. The average molecular weight is 296 g/mol. The first-order valence-electron chi connectivity index (χ1n) is 9.63. The zero-order valence-electron chi connectivity index (χ0n) is 15.8. The number of nitrogens with one attached hydrogen (secondary N) is 1. The number of hydrogen-bond acceptors (Lipinski definition) is 1. The molecule has 0 aliphatic heterocycles. The van der Waals surface area contributed by atoms with Gasteiger partial charge in [0.25, 0.3) is 0 Å². The molecule has 1 saturated carbocycles. The summed E-state index contributed by atoms with van der Waals surface area (Å²) in [5, 5.41) is 3.64. The van der Waals surface area contributed by atoms with E-state index in [9.17, 15) is 0 Å². The molecule has 1 aliphatic carbocycles. The molecule has 0 heterocycles. The monoisotopic (exact) mass is 295 g/mol. The average Bonchev–Trinajstić information content (AvgIpc) is 3.01. The Labute approximate surface area is 134 Å². The van der Waals surface area contributed by atoms with Gasteiger partial charge in [0, 0.05) is 6.04 Å². The van der Waals surface area contributed by atoms with Crippen LogP contribution in [-0.4, -0.2) is 12.6 Å². The molecule has 21 heavy (non-hydrogen) atoms. The molecule has 0 saturated heterocycles. The Balaban J connectivity index is 2.40. The number of hydrogen-bond donors (Lipinski definition) is 1. The van der Waals surface area contributed by atoms with Crippen LogP contribution >= 0.6 is 0 Å². The molecule has 0 aromatic carbocycles. The minimum absolute atomic E-state index is 0.663. The fourth-order valence-corrected chi connectivity index (χ4v) is 4.46. The van der Waals surface area contributed by atoms with Gasteiger partial charge in [-0.3, -0.25) is 0 Å². The van der Waals surface area contributed by atoms with Crippen molar-refractivity contribution in [3.63, 3.8) is 0 Å². The SMILES string of the molecule is CCCNC(C)CC(C)C(C)CC1C(CCC)C1(C)CC. The summed E-state index contributed by atoms with van der Waals surface area (Å²) in [6.45, 7) is 18.0. The van der Waals surface area contributed by atoms with Gasteiger partial charge in [-0.15, -0.1) is 0 Å². The van der Waals surface area contributed by atoms with Gasteiger partial charge >= 0.3 is 0 Å². The van der Waals surface area contributed by atoms with Gasteiger partial charge in [0.15, 0.2) is 0 Å². The Kier molecular flexibility index (Phi) is 7.74. The van der Waals surface area contributed by atoms with Crippen molar-refractivity contribution in [2.24, 2.45) is 29.1 Å². The second-order valence-corrected chi connectivity index (χ2v) is 8.14. The quantitative estimate of drug-likeness (QED) is 0.501. The standard InChI is InChI=1S/C20H41N/c1-8-11-18-19(20(18,7)10-3)14-16(5)15(4)13-17(6)21-12-9-2/h15-19,21H,8-14H2,1-7H3. The van der Waals surface area contributed by atoms with Crippen LogP contribution in [-0.2, 0) is 0 Å². The topological polar surface area (TPSA) is 12.0 Å². The summed E-state index contributed by atoms with van der Waals surface area (Å²) >= 11 is 0. The van der Waals surface area contributed by atoms with Crippen molar-refractivity contribution < 1.29 is 0 Å². The summed E-state index contributed by atoms with van der Waals surface area (Å²) in [5.41, 5.74) is 0.663. The molecule has 0 radical (unpaired) electrons. The molecule has 1 heteroatoms. The highest BCUT2D eigenvalue weighted by Gasteiger charge is 2.58. The fourth-order valence-electron chi connectivity index (χ4n) is 4.46. The Bertz CT molecular complexity index is 288. The molecule has 1 fully saturated rings. The molecule has 0 aromatic heterocycles. The van der Waals surface area contributed by atoms with Crippen LogP contribution in [0, 0.1) is 29.1 Å². The first-order valence-corrected chi connectivity index (χ1v) is 9.63. The van der Waals surface area contributed by atoms with Crippen LogP contribution in [0.4, 0.5) is 0 Å². The van der Waals surface area contributed by atoms with Crippen molar-refractivity contribution in [3.05, 3.63) is 0 Å². The van der Waals surface area contributed by atoms with E-state index in [0.29, 0.717) is 11.5 Å². The molecule has 126 valence electrons. The third kappa shape index (κ3) is 4.98. The lowest BCUT2D eigenvalue weighted by atomic mass is 9.84. The largest absolute Gasteiger partial charge is 0.314 e. The van der Waals surface area contributed by atoms with Crippen molar-refractivity contribution in [2.75, 3.05) is 6.54 Å². The molecule has 0 bridgehead atoms. The Morgan fingerprint density at radius 3 is 2.14 bits per heavy atom. The van der Waals surface area contributed by atoms with Crippen molar-refractivity contribution in [1.29, 1.82) is 0 Å². The Morgan fingerprint density at radius 2 is 1.62 bits per heavy atom. The van der Waals surface area contributed by atoms with Crippen LogP contribution in [0.1, 0.15) is 87.0 Å². The van der Waals surface area contributed by atoms with Crippen LogP contribution in [0.3, 0.4) is 0 Å². The Morgan fingerprint density at radius 1 is 0.952 bits per heavy atom. The Hall–Kier alpha value is -0.0400. The lowest BCUT2D eigenvalue weighted by Gasteiger charge is -2.24. The molecule has 1 nitrogen and oxygen atoms in total. The van der Waals surface area contributed by atoms with Gasteiger partial charge in [0.1, 0.15) is 0 Å². The molecule has 0 aromatic rings. The van der Waals surface area contributed by atoms with E-state index in [1.807, 2.05) is 0 Å². The lowest BCUT2D eigenvalue weighted by molar-refractivity contribution is 0.283. The van der Waals surface area contributed by atoms with Crippen LogP contribution in [0.15, 0.2) is 0 Å². The summed E-state index contributed by atoms with van der Waals surface area (Å²) in [5.74, 6) is 3.72. The maximum Gasteiger partial charge on any atom is 0.00413 e. The van der Waals surface area contributed by atoms with Gasteiger partial charge in [0.05, 0.1) is 0 Å². The summed E-state index contributed by atoms with van der Waals surface area (Å²) in [4.78, 5) is 0. The third-order valence-electron chi connectivity index (χ3n) is 6.50. The minimum atomic E-state index is 0.663. The minimum Gasteiger partial charge on any atom is -0.314 e. The van der Waals surface area contributed by atoms with E-state index in [1.165, 1.54) is 38.5 Å². The highest BCUT2D eigenvalue weighted by atomic mass is 14.9. The molecule has 0 spiro atoms. The molecule has 1 N–H and O–H groups in total. The lowest BCUT2D eigenvalue weighted by Crippen LogP contribution is -2.30. The zero-order chi connectivity index (χ0) is 16.0. The van der Waals surface area contributed by atoms with Crippen LogP contribution in [0.2, 0.25) is 0 Å². The van der Waals surface area contributed by atoms with Gasteiger partial charge in [-0.05, 0) is 68.2 Å². The van der Waals surface area contributed by atoms with Crippen molar-refractivity contribution in [1.82, 2.24) is 5.32 Å². The molecule has 6 atom stereocenters. The zero-order valence-corrected chi connectivity index (χ0v) is 15.8. The first kappa shape index (κ1) is 19.0. The van der Waals surface area contributed by atoms with E-state index in [4.69, 9.17) is 0 Å². The van der Waals surface area contributed by atoms with Crippen molar-refractivity contribution in [2.45, 2.75) is 93.0 Å². The van der Waals surface area contributed by atoms with Gasteiger partial charge in [-0.25, -0.2) is 0 Å². The van der Waals surface area contributed by atoms with Crippen LogP contribution < -0.4 is 5.32 Å². The third-order valence-corrected chi connectivity index (χ3v) is 6.50. The van der Waals surface area contributed by atoms with Gasteiger partial charge < -0.3 is 5.32 Å². The van der Waals surface area contributed by atoms with Crippen LogP contribution in [0.5, 0.6) is 0 Å². The predicted molar refractivity (Wildman–Crippen MR) is 95.6 cm³/mol. The maximum atomic E-state index is 3.64. The summed E-state index contributed by atoms with van der Waals surface area (Å²) in [6, 6.07) is 0.672. The molecular formula is C20H41N. The maximum absolute atomic E-state index is 3.64. The second kappa shape index (κ2) is 8.56. The fraction of sp³-hybridized carbons (Fsp3) is 1.00. The number of rotatable bonds is 11. The van der Waals surface area contributed by atoms with E-state index < -0.39 is 0 Å². The normalized spacial score (nSPS) is 32.7. The van der Waals surface area contributed by atoms with Crippen molar-refractivity contribution >= 4 is 0 Å². The molecule has 6 unspecified atom stereocenters. The highest BCUT2D eigenvalue weighted by Crippen LogP contribution is 2.65. The smallest absolute Gasteiger partial charge is 0.00413 e. The van der Waals surface area contributed by atoms with Gasteiger partial charge in [-0.2, -0.15) is 0 Å². The molecule has 0 amide bonds. The molecule has 1 rings (SSSR count). The van der Waals surface area contributed by atoms with Gasteiger partial charge in [0.2, 0.25) is 0 Å². The summed E-state index contributed by atoms with van der Waals surface area (Å²) in [6.07, 6.45) is 8.21. The van der Waals surface area contributed by atoms with E-state index >= 15 is 0 Å². The molecular weight excluding hydrogens is 254 g/mol. The van der Waals surface area contributed by atoms with E-state index in [0.717, 1.165) is 30.2 Å². The summed E-state index contributed by atoms with van der Waals surface area (Å²) < 4.78 is 0. The predicted octanol–water partition coefficient (Wildman–Crippen LogP) is 5.89. The molecule has 1 aliphatic rings. The van der Waals surface area contributed by atoms with Gasteiger partial charge in [-0.1, -0.05) is 54.4 Å². The van der Waals surface area contributed by atoms with E-state index in [2.05, 4.69) is 53.8 Å².